The molecule has 4 nitrogen and oxygen atoms in total. The van der Waals surface area contributed by atoms with Gasteiger partial charge in [-0.25, -0.2) is 9.98 Å². The maximum absolute atomic E-state index is 6.37. The summed E-state index contributed by atoms with van der Waals surface area (Å²) in [5.74, 6) is 1.32. The molecule has 0 N–H and O–H groups in total. The van der Waals surface area contributed by atoms with Gasteiger partial charge in [0, 0.05) is 0 Å². The van der Waals surface area contributed by atoms with E-state index in [2.05, 4.69) is 172 Å². The van der Waals surface area contributed by atoms with E-state index in [4.69, 9.17) is 19.5 Å². The maximum Gasteiger partial charge on any atom is 0.199 e. The van der Waals surface area contributed by atoms with Gasteiger partial charge in [0.15, 0.2) is 11.8 Å². The Morgan fingerprint density at radius 1 is 0.408 bits per heavy atom. The van der Waals surface area contributed by atoms with E-state index >= 15 is 0 Å². The molecule has 4 heteroatoms. The second-order valence-corrected chi connectivity index (χ2v) is 13.3. The molecule has 2 aliphatic heterocycles. The van der Waals surface area contributed by atoms with Crippen LogP contribution in [0.4, 0.5) is 0 Å². The lowest BCUT2D eigenvalue weighted by Crippen LogP contribution is -2.34. The van der Waals surface area contributed by atoms with Crippen molar-refractivity contribution in [3.63, 3.8) is 0 Å². The number of aliphatic imine (C=N–C) groups is 2. The Labute approximate surface area is 288 Å². The maximum atomic E-state index is 6.37. The molecule has 0 saturated carbocycles. The zero-order valence-electron chi connectivity index (χ0n) is 27.8. The summed E-state index contributed by atoms with van der Waals surface area (Å²) in [6.45, 7) is 5.14. The zero-order chi connectivity index (χ0) is 33.2. The van der Waals surface area contributed by atoms with Gasteiger partial charge in [0.2, 0.25) is 0 Å². The highest BCUT2D eigenvalue weighted by Gasteiger charge is 2.42. The van der Waals surface area contributed by atoms with Crippen LogP contribution in [-0.4, -0.2) is 25.0 Å². The van der Waals surface area contributed by atoms with E-state index in [-0.39, 0.29) is 12.1 Å². The third-order valence-corrected chi connectivity index (χ3v) is 9.48. The first kappa shape index (κ1) is 30.6. The number of ether oxygens (including phenoxy) is 2. The smallest absolute Gasteiger partial charge is 0.199 e. The van der Waals surface area contributed by atoms with Crippen LogP contribution in [0.25, 0.3) is 44.5 Å². The van der Waals surface area contributed by atoms with Gasteiger partial charge in [0.05, 0.1) is 0 Å². The number of hydrogen-bond donors (Lipinski definition) is 0. The molecule has 49 heavy (non-hydrogen) atoms. The fourth-order valence-corrected chi connectivity index (χ4v) is 6.74. The van der Waals surface area contributed by atoms with Crippen LogP contribution in [0.1, 0.15) is 37.1 Å². The minimum absolute atomic E-state index is 0.130. The average molecular weight is 639 g/mol. The molecule has 0 spiro atoms. The molecule has 6 aromatic rings. The van der Waals surface area contributed by atoms with Crippen molar-refractivity contribution in [1.29, 1.82) is 0 Å². The second-order valence-electron chi connectivity index (χ2n) is 13.3. The molecular weight excluding hydrogens is 601 g/mol. The van der Waals surface area contributed by atoms with Gasteiger partial charge < -0.3 is 9.47 Å². The summed E-state index contributed by atoms with van der Waals surface area (Å²) in [6.07, 6.45) is 0. The first-order chi connectivity index (χ1) is 24.0. The van der Waals surface area contributed by atoms with Crippen LogP contribution in [0.2, 0.25) is 0 Å². The van der Waals surface area contributed by atoms with E-state index < -0.39 is 5.41 Å². The van der Waals surface area contributed by atoms with Crippen molar-refractivity contribution in [1.82, 2.24) is 0 Å². The van der Waals surface area contributed by atoms with Gasteiger partial charge in [-0.3, -0.25) is 0 Å². The number of nitrogens with zero attached hydrogens (tertiary/aromatic N) is 2. The molecule has 2 heterocycles. The summed E-state index contributed by atoms with van der Waals surface area (Å²) in [6, 6.07) is 55.3. The third-order valence-electron chi connectivity index (χ3n) is 9.48. The summed E-state index contributed by atoms with van der Waals surface area (Å²) in [5.41, 5.74) is 11.0. The van der Waals surface area contributed by atoms with Gasteiger partial charge in [-0.05, 0) is 106 Å². The van der Waals surface area contributed by atoms with Gasteiger partial charge in [-0.2, -0.15) is 0 Å². The van der Waals surface area contributed by atoms with Crippen molar-refractivity contribution in [2.75, 3.05) is 13.2 Å². The van der Waals surface area contributed by atoms with E-state index in [0.29, 0.717) is 25.0 Å². The predicted molar refractivity (Wildman–Crippen MR) is 201 cm³/mol. The largest absolute Gasteiger partial charge is 0.478 e. The Kier molecular flexibility index (Phi) is 8.14. The molecular formula is C45H38N2O2. The highest BCUT2D eigenvalue weighted by atomic mass is 16.5. The highest BCUT2D eigenvalue weighted by molar-refractivity contribution is 6.05. The lowest BCUT2D eigenvalue weighted by atomic mass is 9.92. The first-order valence-electron chi connectivity index (χ1n) is 16.9. The van der Waals surface area contributed by atoms with Crippen molar-refractivity contribution in [2.24, 2.45) is 15.4 Å². The van der Waals surface area contributed by atoms with Crippen molar-refractivity contribution in [3.05, 3.63) is 169 Å². The third kappa shape index (κ3) is 6.30. The van der Waals surface area contributed by atoms with Crippen LogP contribution in [0.15, 0.2) is 168 Å². The van der Waals surface area contributed by atoms with Crippen LogP contribution in [0.3, 0.4) is 0 Å². The number of hydrogen-bond acceptors (Lipinski definition) is 4. The van der Waals surface area contributed by atoms with E-state index in [0.717, 1.165) is 11.1 Å². The van der Waals surface area contributed by atoms with Crippen LogP contribution in [0.5, 0.6) is 0 Å². The van der Waals surface area contributed by atoms with Gasteiger partial charge in [0.25, 0.3) is 0 Å². The molecule has 2 aliphatic rings. The molecule has 2 atom stereocenters. The summed E-state index contributed by atoms with van der Waals surface area (Å²) in [5, 5.41) is 0. The molecule has 240 valence electrons. The Balaban J connectivity index is 1.11. The topological polar surface area (TPSA) is 43.2 Å². The predicted octanol–water partition coefficient (Wildman–Crippen LogP) is 11.0. The molecule has 0 amide bonds. The van der Waals surface area contributed by atoms with Gasteiger partial charge in [-0.1, -0.05) is 121 Å². The van der Waals surface area contributed by atoms with Crippen LogP contribution in [0, 0.1) is 5.41 Å². The highest BCUT2D eigenvalue weighted by Crippen LogP contribution is 2.39. The average Bonchev–Trinajstić information content (AvgIpc) is 3.89. The molecule has 0 radical (unpaired) electrons. The Morgan fingerprint density at radius 3 is 0.980 bits per heavy atom. The van der Waals surface area contributed by atoms with Crippen molar-refractivity contribution >= 4 is 11.8 Å². The Morgan fingerprint density at radius 2 is 0.694 bits per heavy atom. The monoisotopic (exact) mass is 638 g/mol. The lowest BCUT2D eigenvalue weighted by Gasteiger charge is -2.22. The molecule has 0 saturated heterocycles. The summed E-state index contributed by atoms with van der Waals surface area (Å²) >= 11 is 0. The standard InChI is InChI=1S/C45H38N2O2/c1-45(2,43-46-41(29-48-43)39-25-35(31-15-7-3-8-16-31)23-36(26-39)32-17-9-4-10-18-32)44-47-42(30-49-44)40-27-37(33-19-11-5-12-20-33)24-38(28-40)34-21-13-6-14-22-34/h3-28,41-42H,29-30H2,1-2H3. The quantitative estimate of drug-likeness (QED) is 0.166. The fraction of sp³-hybridized carbons (Fsp3) is 0.156. The van der Waals surface area contributed by atoms with E-state index in [9.17, 15) is 0 Å². The molecule has 0 bridgehead atoms. The van der Waals surface area contributed by atoms with Gasteiger partial charge in [0.1, 0.15) is 30.7 Å². The molecule has 0 aliphatic carbocycles. The van der Waals surface area contributed by atoms with Crippen LogP contribution in [-0.2, 0) is 9.47 Å². The Hall–Kier alpha value is -5.74. The van der Waals surface area contributed by atoms with Gasteiger partial charge in [-0.15, -0.1) is 0 Å². The normalized spacial score (nSPS) is 17.2. The van der Waals surface area contributed by atoms with E-state index in [1.54, 1.807) is 0 Å². The fourth-order valence-electron chi connectivity index (χ4n) is 6.74. The summed E-state index contributed by atoms with van der Waals surface area (Å²) in [4.78, 5) is 10.4. The van der Waals surface area contributed by atoms with E-state index in [1.807, 2.05) is 0 Å². The summed E-state index contributed by atoms with van der Waals surface area (Å²) < 4.78 is 12.7. The minimum Gasteiger partial charge on any atom is -0.478 e. The number of rotatable bonds is 8. The number of benzene rings is 6. The van der Waals surface area contributed by atoms with Crippen LogP contribution >= 0.6 is 0 Å². The van der Waals surface area contributed by atoms with Crippen molar-refractivity contribution in [2.45, 2.75) is 25.9 Å². The van der Waals surface area contributed by atoms with Crippen molar-refractivity contribution < 1.29 is 9.47 Å². The molecule has 8 rings (SSSR count). The van der Waals surface area contributed by atoms with Crippen LogP contribution < -0.4 is 0 Å². The SMILES string of the molecule is CC(C)(C1=NC(c2cc(-c3ccccc3)cc(-c3ccccc3)c2)CO1)C1=NC(c2cc(-c3ccccc3)cc(-c3ccccc3)c2)CO1. The van der Waals surface area contributed by atoms with Crippen molar-refractivity contribution in [3.8, 4) is 44.5 Å². The zero-order valence-corrected chi connectivity index (χ0v) is 27.8. The molecule has 2 unspecified atom stereocenters. The van der Waals surface area contributed by atoms with E-state index in [1.165, 1.54) is 44.5 Å². The lowest BCUT2D eigenvalue weighted by molar-refractivity contribution is 0.265. The summed E-state index contributed by atoms with van der Waals surface area (Å²) in [7, 11) is 0. The second kappa shape index (κ2) is 13.0. The Bertz CT molecular complexity index is 1870. The minimum atomic E-state index is -0.623. The first-order valence-corrected chi connectivity index (χ1v) is 16.9. The molecule has 6 aromatic carbocycles. The van der Waals surface area contributed by atoms with Gasteiger partial charge >= 0.3 is 0 Å². The molecule has 0 fully saturated rings. The molecule has 0 aromatic heterocycles.